The van der Waals surface area contributed by atoms with Crippen LogP contribution in [0.1, 0.15) is 50.2 Å². The van der Waals surface area contributed by atoms with Gasteiger partial charge >= 0.3 is 0 Å². The lowest BCUT2D eigenvalue weighted by Gasteiger charge is -2.16. The molecular formula is C40H37FN8O3. The van der Waals surface area contributed by atoms with Crippen LogP contribution in [0.25, 0.3) is 45.4 Å². The summed E-state index contributed by atoms with van der Waals surface area (Å²) >= 11 is 0. The summed E-state index contributed by atoms with van der Waals surface area (Å²) in [6.45, 7) is 11.4. The number of fused-ring (bicyclic) bond motifs is 2. The van der Waals surface area contributed by atoms with Crippen LogP contribution in [0.4, 0.5) is 15.8 Å². The maximum atomic E-state index is 14.0. The second-order valence-corrected chi connectivity index (χ2v) is 14.1. The number of likely N-dealkylation sites (N-methyl/N-ethyl adjacent to an activating group) is 2. The van der Waals surface area contributed by atoms with Crippen LogP contribution < -0.4 is 9.80 Å². The van der Waals surface area contributed by atoms with Crippen LogP contribution in [0.3, 0.4) is 0 Å². The van der Waals surface area contributed by atoms with E-state index in [1.807, 2.05) is 103 Å². The van der Waals surface area contributed by atoms with Gasteiger partial charge in [0.2, 0.25) is 17.7 Å². The fourth-order valence-corrected chi connectivity index (χ4v) is 6.66. The first-order valence-corrected chi connectivity index (χ1v) is 16.7. The molecular weight excluding hydrogens is 659 g/mol. The quantitative estimate of drug-likeness (QED) is 0.187. The molecule has 6 heterocycles. The lowest BCUT2D eigenvalue weighted by Crippen LogP contribution is -2.33. The largest absolute Gasteiger partial charge is 0.416 e. The van der Waals surface area contributed by atoms with Crippen molar-refractivity contribution in [3.63, 3.8) is 0 Å². The van der Waals surface area contributed by atoms with Gasteiger partial charge in [0.15, 0.2) is 11.6 Å². The van der Waals surface area contributed by atoms with Gasteiger partial charge in [-0.2, -0.15) is 0 Å². The summed E-state index contributed by atoms with van der Waals surface area (Å²) < 4.78 is 19.7. The highest BCUT2D eigenvalue weighted by atomic mass is 19.1. The Labute approximate surface area is 300 Å². The Balaban J connectivity index is 0.000000162. The molecule has 6 aromatic rings. The molecule has 2 aliphatic rings. The molecule has 0 N–H and O–H groups in total. The Morgan fingerprint density at radius 2 is 1.12 bits per heavy atom. The Kier molecular flexibility index (Phi) is 8.28. The van der Waals surface area contributed by atoms with Gasteiger partial charge in [0.25, 0.3) is 5.89 Å². The van der Waals surface area contributed by atoms with Crippen LogP contribution in [0.15, 0.2) is 83.8 Å². The predicted octanol–water partition coefficient (Wildman–Crippen LogP) is 7.27. The van der Waals surface area contributed by atoms with Gasteiger partial charge in [0.1, 0.15) is 0 Å². The SMILES string of the molecule is Cc1cc(-c2nnc(-c3ccc4c(c3)N(C)C(=O)C4(C)C)o2)c(F)cn1.Cc1ccc(-c2ncc(-c3ccc4c(c3)N(C)C(=O)C4(C)C)cn2)cn1. The van der Waals surface area contributed by atoms with E-state index in [0.717, 1.165) is 51.1 Å². The van der Waals surface area contributed by atoms with E-state index in [9.17, 15) is 14.0 Å². The third-order valence-electron chi connectivity index (χ3n) is 9.79. The van der Waals surface area contributed by atoms with Crippen molar-refractivity contribution < 1.29 is 18.4 Å². The molecule has 52 heavy (non-hydrogen) atoms. The van der Waals surface area contributed by atoms with Crippen molar-refractivity contribution in [1.29, 1.82) is 0 Å². The fraction of sp³-hybridized carbons (Fsp3) is 0.250. The van der Waals surface area contributed by atoms with Gasteiger partial charge < -0.3 is 14.2 Å². The van der Waals surface area contributed by atoms with Crippen LogP contribution in [0.2, 0.25) is 0 Å². The summed E-state index contributed by atoms with van der Waals surface area (Å²) in [5, 5.41) is 7.99. The smallest absolute Gasteiger partial charge is 0.251 e. The minimum atomic E-state index is -0.569. The van der Waals surface area contributed by atoms with E-state index in [-0.39, 0.29) is 29.2 Å². The number of halogens is 1. The van der Waals surface area contributed by atoms with Gasteiger partial charge in [-0.3, -0.25) is 19.6 Å². The molecule has 4 aromatic heterocycles. The van der Waals surface area contributed by atoms with Crippen LogP contribution >= 0.6 is 0 Å². The average molecular weight is 697 g/mol. The summed E-state index contributed by atoms with van der Waals surface area (Å²) in [7, 11) is 3.57. The Morgan fingerprint density at radius 1 is 0.596 bits per heavy atom. The monoisotopic (exact) mass is 696 g/mol. The van der Waals surface area contributed by atoms with Crippen molar-refractivity contribution in [2.75, 3.05) is 23.9 Å². The molecule has 0 fully saturated rings. The van der Waals surface area contributed by atoms with Gasteiger partial charge in [0.05, 0.1) is 22.6 Å². The van der Waals surface area contributed by atoms with Crippen molar-refractivity contribution in [3.8, 4) is 45.4 Å². The average Bonchev–Trinajstić information content (AvgIpc) is 3.75. The third-order valence-corrected chi connectivity index (χ3v) is 9.79. The summed E-state index contributed by atoms with van der Waals surface area (Å²) in [5.74, 6) is 0.631. The Bertz CT molecular complexity index is 2370. The maximum Gasteiger partial charge on any atom is 0.251 e. The van der Waals surface area contributed by atoms with Crippen molar-refractivity contribution in [3.05, 3.63) is 108 Å². The summed E-state index contributed by atoms with van der Waals surface area (Å²) in [5.41, 5.74) is 8.01. The molecule has 2 amide bonds. The number of benzene rings is 2. The number of aryl methyl sites for hydroxylation is 2. The fourth-order valence-electron chi connectivity index (χ4n) is 6.66. The molecule has 2 aromatic carbocycles. The third kappa shape index (κ3) is 5.79. The molecule has 0 unspecified atom stereocenters. The number of pyridine rings is 2. The van der Waals surface area contributed by atoms with Crippen LogP contribution in [0.5, 0.6) is 0 Å². The number of anilines is 2. The van der Waals surface area contributed by atoms with E-state index < -0.39 is 16.6 Å². The summed E-state index contributed by atoms with van der Waals surface area (Å²) in [6, 6.07) is 17.1. The molecule has 2 aliphatic heterocycles. The number of rotatable bonds is 4. The first-order valence-electron chi connectivity index (χ1n) is 16.7. The number of nitrogens with zero attached hydrogens (tertiary/aromatic N) is 8. The Hall–Kier alpha value is -6.17. The zero-order valence-electron chi connectivity index (χ0n) is 30.2. The lowest BCUT2D eigenvalue weighted by atomic mass is 9.85. The van der Waals surface area contributed by atoms with E-state index in [1.165, 1.54) is 0 Å². The van der Waals surface area contributed by atoms with E-state index >= 15 is 0 Å². The number of carbonyl (C=O) groups is 2. The van der Waals surface area contributed by atoms with Gasteiger partial charge in [-0.05, 0) is 94.6 Å². The molecule has 0 saturated heterocycles. The second-order valence-electron chi connectivity index (χ2n) is 14.1. The van der Waals surface area contributed by atoms with Gasteiger partial charge in [-0.1, -0.05) is 18.2 Å². The molecule has 0 spiro atoms. The summed E-state index contributed by atoms with van der Waals surface area (Å²) in [6.07, 6.45) is 6.53. The standard InChI is InChI=1S/C21H20N4O.C19H17FN4O2/c1-13-5-6-15(10-22-13)19-23-11-16(12-24-19)14-7-8-17-18(9-14)25(4)20(26)21(17,2)3;1-10-7-12(14(20)9-21-10)17-23-22-16(26-17)11-5-6-13-15(8-11)24(4)18(25)19(13,2)3/h5-12H,1-4H3;5-9H,1-4H3. The lowest BCUT2D eigenvalue weighted by molar-refractivity contribution is -0.122. The van der Waals surface area contributed by atoms with Gasteiger partial charge in [-0.15, -0.1) is 10.2 Å². The van der Waals surface area contributed by atoms with E-state index in [4.69, 9.17) is 4.42 Å². The number of aromatic nitrogens is 6. The molecule has 8 rings (SSSR count). The van der Waals surface area contributed by atoms with Crippen LogP contribution in [-0.2, 0) is 20.4 Å². The predicted molar refractivity (Wildman–Crippen MR) is 196 cm³/mol. The molecule has 262 valence electrons. The van der Waals surface area contributed by atoms with Crippen molar-refractivity contribution >= 4 is 23.2 Å². The molecule has 0 radical (unpaired) electrons. The zero-order chi connectivity index (χ0) is 37.1. The normalized spacial score (nSPS) is 15.3. The summed E-state index contributed by atoms with van der Waals surface area (Å²) in [4.78, 5) is 45.4. The van der Waals surface area contributed by atoms with Crippen LogP contribution in [-0.4, -0.2) is 56.0 Å². The highest BCUT2D eigenvalue weighted by Gasteiger charge is 2.43. The van der Waals surface area contributed by atoms with E-state index in [2.05, 4.69) is 30.1 Å². The van der Waals surface area contributed by atoms with E-state index in [1.54, 1.807) is 36.0 Å². The van der Waals surface area contributed by atoms with Gasteiger partial charge in [-0.25, -0.2) is 14.4 Å². The molecule has 0 atom stereocenters. The first-order chi connectivity index (χ1) is 24.7. The minimum Gasteiger partial charge on any atom is -0.416 e. The van der Waals surface area contributed by atoms with Crippen molar-refractivity contribution in [1.82, 2.24) is 30.1 Å². The minimum absolute atomic E-state index is 0.0326. The Morgan fingerprint density at radius 3 is 1.71 bits per heavy atom. The van der Waals surface area contributed by atoms with Crippen LogP contribution in [0, 0.1) is 19.7 Å². The number of hydrogen-bond donors (Lipinski definition) is 0. The highest BCUT2D eigenvalue weighted by molar-refractivity contribution is 6.08. The topological polar surface area (TPSA) is 131 Å². The number of hydrogen-bond acceptors (Lipinski definition) is 9. The van der Waals surface area contributed by atoms with E-state index in [0.29, 0.717) is 17.1 Å². The van der Waals surface area contributed by atoms with Crippen molar-refractivity contribution in [2.45, 2.75) is 52.4 Å². The second kappa shape index (κ2) is 12.6. The number of carbonyl (C=O) groups excluding carboxylic acids is 2. The van der Waals surface area contributed by atoms with Crippen molar-refractivity contribution in [2.24, 2.45) is 0 Å². The highest BCUT2D eigenvalue weighted by Crippen LogP contribution is 2.44. The first kappa shape index (κ1) is 34.3. The molecule has 11 nitrogen and oxygen atoms in total. The zero-order valence-corrected chi connectivity index (χ0v) is 30.2. The van der Waals surface area contributed by atoms with Gasteiger partial charge in [0, 0.05) is 72.1 Å². The number of amides is 2. The molecule has 12 heteroatoms. The molecule has 0 bridgehead atoms. The molecule has 0 aliphatic carbocycles. The molecule has 0 saturated carbocycles. The maximum absolute atomic E-state index is 14.0.